The third-order valence-electron chi connectivity index (χ3n) is 4.55. The van der Waals surface area contributed by atoms with Gasteiger partial charge in [0.1, 0.15) is 0 Å². The van der Waals surface area contributed by atoms with E-state index < -0.39 is 0 Å². The molecule has 0 aromatic carbocycles. The van der Waals surface area contributed by atoms with E-state index in [1.165, 1.54) is 25.7 Å². The van der Waals surface area contributed by atoms with E-state index in [0.29, 0.717) is 19.2 Å². The molecule has 1 N–H and O–H groups in total. The number of rotatable bonds is 6. The summed E-state index contributed by atoms with van der Waals surface area (Å²) in [4.78, 5) is 11.8. The zero-order valence-electron chi connectivity index (χ0n) is 13.5. The van der Waals surface area contributed by atoms with Crippen molar-refractivity contribution in [2.45, 2.75) is 52.1 Å². The van der Waals surface area contributed by atoms with Crippen LogP contribution < -0.4 is 10.9 Å². The summed E-state index contributed by atoms with van der Waals surface area (Å²) in [5.41, 5.74) is 1.07. The highest BCUT2D eigenvalue weighted by Crippen LogP contribution is 2.31. The van der Waals surface area contributed by atoms with Crippen molar-refractivity contribution in [2.75, 3.05) is 19.0 Å². The molecule has 0 bridgehead atoms. The Morgan fingerprint density at radius 1 is 1.38 bits per heavy atom. The van der Waals surface area contributed by atoms with Gasteiger partial charge >= 0.3 is 0 Å². The van der Waals surface area contributed by atoms with Gasteiger partial charge in [-0.2, -0.15) is 0 Å². The van der Waals surface area contributed by atoms with Crippen molar-refractivity contribution >= 4 is 5.69 Å². The quantitative estimate of drug-likeness (QED) is 0.876. The zero-order valence-corrected chi connectivity index (χ0v) is 13.5. The van der Waals surface area contributed by atoms with E-state index in [9.17, 15) is 4.79 Å². The van der Waals surface area contributed by atoms with Crippen molar-refractivity contribution in [2.24, 2.45) is 11.8 Å². The predicted octanol–water partition coefficient (Wildman–Crippen LogP) is 3.12. The number of hydrogen-bond acceptors (Lipinski definition) is 3. The van der Waals surface area contributed by atoms with E-state index in [0.717, 1.165) is 17.5 Å². The Morgan fingerprint density at radius 2 is 2.19 bits per heavy atom. The van der Waals surface area contributed by atoms with Crippen LogP contribution in [0.15, 0.2) is 23.1 Å². The van der Waals surface area contributed by atoms with Crippen LogP contribution in [0.4, 0.5) is 5.69 Å². The first kappa shape index (κ1) is 16.1. The van der Waals surface area contributed by atoms with Gasteiger partial charge in [-0.3, -0.25) is 4.79 Å². The van der Waals surface area contributed by atoms with Gasteiger partial charge in [-0.25, -0.2) is 0 Å². The van der Waals surface area contributed by atoms with Gasteiger partial charge in [-0.15, -0.1) is 0 Å². The van der Waals surface area contributed by atoms with Gasteiger partial charge < -0.3 is 14.6 Å². The largest absolute Gasteiger partial charge is 0.383 e. The second kappa shape index (κ2) is 7.64. The lowest BCUT2D eigenvalue weighted by atomic mass is 9.79. The maximum atomic E-state index is 11.8. The van der Waals surface area contributed by atoms with Crippen molar-refractivity contribution in [3.63, 3.8) is 0 Å². The molecule has 4 nitrogen and oxygen atoms in total. The summed E-state index contributed by atoms with van der Waals surface area (Å²) < 4.78 is 6.77. The summed E-state index contributed by atoms with van der Waals surface area (Å²) in [6.07, 6.45) is 7.02. The molecule has 0 amide bonds. The minimum Gasteiger partial charge on any atom is -0.383 e. The average molecular weight is 292 g/mol. The van der Waals surface area contributed by atoms with Gasteiger partial charge in [0, 0.05) is 32.0 Å². The van der Waals surface area contributed by atoms with Crippen molar-refractivity contribution in [1.29, 1.82) is 0 Å². The first-order chi connectivity index (χ1) is 10.1. The van der Waals surface area contributed by atoms with E-state index in [1.54, 1.807) is 17.7 Å². The number of ether oxygens (including phenoxy) is 1. The molecule has 2 rings (SSSR count). The third-order valence-corrected chi connectivity index (χ3v) is 4.55. The smallest absolute Gasteiger partial charge is 0.250 e. The molecule has 21 heavy (non-hydrogen) atoms. The molecule has 1 aliphatic carbocycles. The molecule has 118 valence electrons. The molecule has 1 saturated carbocycles. The standard InChI is InChI=1S/C17H28N2O2/c1-13(2)14-5-4-6-15(11-14)18-16-7-8-17(20)19(12-16)9-10-21-3/h7-8,12-15,18H,4-6,9-11H2,1-3H3. The molecular weight excluding hydrogens is 264 g/mol. The van der Waals surface area contributed by atoms with Crippen LogP contribution in [0.25, 0.3) is 0 Å². The SMILES string of the molecule is COCCn1cc(NC2CCCC(C(C)C)C2)ccc1=O. The normalized spacial score (nSPS) is 22.5. The predicted molar refractivity (Wildman–Crippen MR) is 86.8 cm³/mol. The Kier molecular flexibility index (Phi) is 5.85. The van der Waals surface area contributed by atoms with Crippen LogP contribution >= 0.6 is 0 Å². The number of aromatic nitrogens is 1. The molecule has 0 aliphatic heterocycles. The van der Waals surface area contributed by atoms with Crippen LogP contribution in [0.1, 0.15) is 39.5 Å². The highest BCUT2D eigenvalue weighted by Gasteiger charge is 2.24. The number of methoxy groups -OCH3 is 1. The summed E-state index contributed by atoms with van der Waals surface area (Å²) in [7, 11) is 1.65. The van der Waals surface area contributed by atoms with Crippen molar-refractivity contribution in [3.05, 3.63) is 28.7 Å². The molecule has 1 aromatic heterocycles. The molecular formula is C17H28N2O2. The van der Waals surface area contributed by atoms with Gasteiger partial charge in [0.2, 0.25) is 0 Å². The van der Waals surface area contributed by atoms with Crippen LogP contribution in [0, 0.1) is 11.8 Å². The highest BCUT2D eigenvalue weighted by atomic mass is 16.5. The maximum Gasteiger partial charge on any atom is 0.250 e. The number of anilines is 1. The molecule has 0 spiro atoms. The fourth-order valence-electron chi connectivity index (χ4n) is 3.18. The maximum absolute atomic E-state index is 11.8. The summed E-state index contributed by atoms with van der Waals surface area (Å²) in [5, 5.41) is 3.61. The van der Waals surface area contributed by atoms with Crippen LogP contribution in [-0.2, 0) is 11.3 Å². The van der Waals surface area contributed by atoms with E-state index >= 15 is 0 Å². The van der Waals surface area contributed by atoms with Gasteiger partial charge in [-0.05, 0) is 30.7 Å². The van der Waals surface area contributed by atoms with Crippen LogP contribution in [0.3, 0.4) is 0 Å². The summed E-state index contributed by atoms with van der Waals surface area (Å²) in [5.74, 6) is 1.57. The van der Waals surface area contributed by atoms with Crippen LogP contribution in [0.2, 0.25) is 0 Å². The molecule has 2 unspecified atom stereocenters. The lowest BCUT2D eigenvalue weighted by Crippen LogP contribution is -2.30. The van der Waals surface area contributed by atoms with E-state index in [2.05, 4.69) is 19.2 Å². The molecule has 1 aromatic rings. The van der Waals surface area contributed by atoms with Crippen LogP contribution in [-0.4, -0.2) is 24.3 Å². The average Bonchev–Trinajstić information content (AvgIpc) is 2.48. The first-order valence-corrected chi connectivity index (χ1v) is 8.06. The molecule has 0 saturated heterocycles. The Morgan fingerprint density at radius 3 is 2.90 bits per heavy atom. The van der Waals surface area contributed by atoms with Crippen molar-refractivity contribution in [1.82, 2.24) is 4.57 Å². The second-order valence-electron chi connectivity index (χ2n) is 6.45. The van der Waals surface area contributed by atoms with Gasteiger partial charge in [-0.1, -0.05) is 26.7 Å². The first-order valence-electron chi connectivity index (χ1n) is 8.06. The molecule has 1 fully saturated rings. The fourth-order valence-corrected chi connectivity index (χ4v) is 3.18. The van der Waals surface area contributed by atoms with Crippen LogP contribution in [0.5, 0.6) is 0 Å². The lowest BCUT2D eigenvalue weighted by Gasteiger charge is -2.32. The monoisotopic (exact) mass is 292 g/mol. The summed E-state index contributed by atoms with van der Waals surface area (Å²) in [6.45, 7) is 5.79. The van der Waals surface area contributed by atoms with Gasteiger partial charge in [0.15, 0.2) is 0 Å². The topological polar surface area (TPSA) is 43.3 Å². The molecule has 2 atom stereocenters. The third kappa shape index (κ3) is 4.60. The lowest BCUT2D eigenvalue weighted by molar-refractivity contribution is 0.186. The summed E-state index contributed by atoms with van der Waals surface area (Å²) >= 11 is 0. The molecule has 1 aliphatic rings. The van der Waals surface area contributed by atoms with E-state index in [-0.39, 0.29) is 5.56 Å². The van der Waals surface area contributed by atoms with Gasteiger partial charge in [0.05, 0.1) is 12.3 Å². The number of nitrogens with zero attached hydrogens (tertiary/aromatic N) is 1. The van der Waals surface area contributed by atoms with E-state index in [1.807, 2.05) is 12.3 Å². The minimum atomic E-state index is 0.0290. The Balaban J connectivity index is 2.00. The van der Waals surface area contributed by atoms with E-state index in [4.69, 9.17) is 4.74 Å². The molecule has 0 radical (unpaired) electrons. The second-order valence-corrected chi connectivity index (χ2v) is 6.45. The zero-order chi connectivity index (χ0) is 15.2. The van der Waals surface area contributed by atoms with Crippen molar-refractivity contribution < 1.29 is 4.74 Å². The number of nitrogens with one attached hydrogen (secondary N) is 1. The number of hydrogen-bond donors (Lipinski definition) is 1. The Bertz CT molecular complexity index is 496. The fraction of sp³-hybridized carbons (Fsp3) is 0.706. The van der Waals surface area contributed by atoms with Gasteiger partial charge in [0.25, 0.3) is 5.56 Å². The molecule has 4 heteroatoms. The highest BCUT2D eigenvalue weighted by molar-refractivity contribution is 5.41. The number of pyridine rings is 1. The summed E-state index contributed by atoms with van der Waals surface area (Å²) in [6, 6.07) is 4.06. The Hall–Kier alpha value is -1.29. The molecule has 1 heterocycles. The Labute approximate surface area is 127 Å². The minimum absolute atomic E-state index is 0.0290. The van der Waals surface area contributed by atoms with Crippen molar-refractivity contribution in [3.8, 4) is 0 Å².